The Labute approximate surface area is 120 Å². The molecule has 114 valence electrons. The maximum absolute atomic E-state index is 12.5. The Balaban J connectivity index is 1.41. The van der Waals surface area contributed by atoms with Gasteiger partial charge < -0.3 is 5.11 Å². The molecule has 4 rings (SSSR count). The lowest BCUT2D eigenvalue weighted by molar-refractivity contribution is 0.164. The number of rotatable bonds is 4. The van der Waals surface area contributed by atoms with E-state index in [-0.39, 0.29) is 18.6 Å². The van der Waals surface area contributed by atoms with E-state index in [2.05, 4.69) is 4.72 Å². The Bertz CT molecular complexity index is 479. The quantitative estimate of drug-likeness (QED) is 0.797. The fourth-order valence-electron chi connectivity index (χ4n) is 5.12. The van der Waals surface area contributed by atoms with Gasteiger partial charge in [0.15, 0.2) is 0 Å². The van der Waals surface area contributed by atoms with Crippen LogP contribution in [0.1, 0.15) is 32.1 Å². The van der Waals surface area contributed by atoms with Crippen LogP contribution in [-0.2, 0) is 10.2 Å². The minimum atomic E-state index is -3.35. The van der Waals surface area contributed by atoms with Gasteiger partial charge in [0, 0.05) is 25.7 Å². The molecule has 5 unspecified atom stereocenters. The van der Waals surface area contributed by atoms with Crippen molar-refractivity contribution in [2.75, 3.05) is 19.7 Å². The molecule has 4 aliphatic rings. The minimum absolute atomic E-state index is 0.0881. The average Bonchev–Trinajstić information content (AvgIpc) is 2.86. The van der Waals surface area contributed by atoms with Gasteiger partial charge in [-0.3, -0.25) is 0 Å². The van der Waals surface area contributed by atoms with E-state index in [0.29, 0.717) is 24.9 Å². The van der Waals surface area contributed by atoms with Gasteiger partial charge in [-0.05, 0) is 61.7 Å². The largest absolute Gasteiger partial charge is 0.396 e. The fourth-order valence-corrected chi connectivity index (χ4v) is 6.71. The second-order valence-corrected chi connectivity index (χ2v) is 8.89. The Morgan fingerprint density at radius 3 is 2.50 bits per heavy atom. The van der Waals surface area contributed by atoms with Crippen LogP contribution in [0, 0.1) is 29.6 Å². The minimum Gasteiger partial charge on any atom is -0.396 e. The van der Waals surface area contributed by atoms with Gasteiger partial charge in [-0.1, -0.05) is 0 Å². The van der Waals surface area contributed by atoms with Crippen molar-refractivity contribution in [3.05, 3.63) is 0 Å². The summed E-state index contributed by atoms with van der Waals surface area (Å²) in [4.78, 5) is 0. The normalized spacial score (nSPS) is 47.5. The molecule has 6 heteroatoms. The van der Waals surface area contributed by atoms with E-state index in [1.165, 1.54) is 19.3 Å². The third-order valence-corrected chi connectivity index (χ3v) is 7.68. The van der Waals surface area contributed by atoms with E-state index in [1.807, 2.05) is 0 Å². The molecule has 5 atom stereocenters. The van der Waals surface area contributed by atoms with Crippen LogP contribution in [0.4, 0.5) is 0 Å². The van der Waals surface area contributed by atoms with Crippen LogP contribution in [0.5, 0.6) is 0 Å². The smallest absolute Gasteiger partial charge is 0.279 e. The molecule has 1 aliphatic heterocycles. The summed E-state index contributed by atoms with van der Waals surface area (Å²) in [5.74, 6) is 2.92. The standard InChI is InChI=1S/C14H24N2O3S/c17-8-9-2-1-5-16(7-9)20(18,19)15-14-12-10-3-4-11(6-10)13(12)14/h9-15,17H,1-8H2. The summed E-state index contributed by atoms with van der Waals surface area (Å²) in [7, 11) is -3.35. The van der Waals surface area contributed by atoms with Gasteiger partial charge in [0.2, 0.25) is 0 Å². The van der Waals surface area contributed by atoms with Gasteiger partial charge in [-0.2, -0.15) is 17.4 Å². The molecule has 1 heterocycles. The summed E-state index contributed by atoms with van der Waals surface area (Å²) in [5.41, 5.74) is 0. The third-order valence-electron chi connectivity index (χ3n) is 6.10. The number of hydrogen-bond acceptors (Lipinski definition) is 3. The molecule has 4 fully saturated rings. The molecule has 3 aliphatic carbocycles. The number of nitrogens with zero attached hydrogens (tertiary/aromatic N) is 1. The molecular formula is C14H24N2O3S. The molecule has 0 spiro atoms. The molecule has 2 bridgehead atoms. The maximum atomic E-state index is 12.5. The number of piperidine rings is 1. The van der Waals surface area contributed by atoms with Gasteiger partial charge in [-0.25, -0.2) is 0 Å². The summed E-state index contributed by atoms with van der Waals surface area (Å²) in [5, 5.41) is 9.24. The third kappa shape index (κ3) is 2.03. The van der Waals surface area contributed by atoms with Gasteiger partial charge in [0.25, 0.3) is 10.2 Å². The predicted molar refractivity (Wildman–Crippen MR) is 75.0 cm³/mol. The van der Waals surface area contributed by atoms with Crippen molar-refractivity contribution in [1.82, 2.24) is 9.03 Å². The predicted octanol–water partition coefficient (Wildman–Crippen LogP) is 0.570. The zero-order chi connectivity index (χ0) is 13.9. The first-order chi connectivity index (χ1) is 9.60. The lowest BCUT2D eigenvalue weighted by atomic mass is 10.0. The second-order valence-electron chi connectivity index (χ2n) is 7.19. The first kappa shape index (κ1) is 13.5. The van der Waals surface area contributed by atoms with Gasteiger partial charge in [0.05, 0.1) is 0 Å². The average molecular weight is 300 g/mol. The van der Waals surface area contributed by atoms with Crippen molar-refractivity contribution in [1.29, 1.82) is 0 Å². The van der Waals surface area contributed by atoms with Crippen LogP contribution < -0.4 is 4.72 Å². The lowest BCUT2D eigenvalue weighted by Gasteiger charge is -2.31. The summed E-state index contributed by atoms with van der Waals surface area (Å²) in [6.45, 7) is 1.16. The van der Waals surface area contributed by atoms with Crippen molar-refractivity contribution in [3.8, 4) is 0 Å². The van der Waals surface area contributed by atoms with Gasteiger partial charge >= 0.3 is 0 Å². The van der Waals surface area contributed by atoms with E-state index in [1.54, 1.807) is 4.31 Å². The highest BCUT2D eigenvalue weighted by atomic mass is 32.2. The van der Waals surface area contributed by atoms with E-state index in [9.17, 15) is 13.5 Å². The monoisotopic (exact) mass is 300 g/mol. The van der Waals surface area contributed by atoms with Crippen LogP contribution in [0.3, 0.4) is 0 Å². The first-order valence-corrected chi connectivity index (χ1v) is 9.42. The molecular weight excluding hydrogens is 276 g/mol. The van der Waals surface area contributed by atoms with E-state index < -0.39 is 10.2 Å². The van der Waals surface area contributed by atoms with Gasteiger partial charge in [-0.15, -0.1) is 0 Å². The summed E-state index contributed by atoms with van der Waals surface area (Å²) in [6.07, 6.45) is 5.74. The Hall–Kier alpha value is -0.170. The summed E-state index contributed by atoms with van der Waals surface area (Å²) in [6, 6.07) is 0.209. The van der Waals surface area contributed by atoms with E-state index in [4.69, 9.17) is 0 Å². The number of hydrogen-bond donors (Lipinski definition) is 2. The molecule has 20 heavy (non-hydrogen) atoms. The second kappa shape index (κ2) is 4.66. The van der Waals surface area contributed by atoms with Crippen LogP contribution >= 0.6 is 0 Å². The van der Waals surface area contributed by atoms with Crippen molar-refractivity contribution in [2.45, 2.75) is 38.1 Å². The topological polar surface area (TPSA) is 69.6 Å². The van der Waals surface area contributed by atoms with Crippen molar-refractivity contribution in [3.63, 3.8) is 0 Å². The zero-order valence-corrected chi connectivity index (χ0v) is 12.6. The van der Waals surface area contributed by atoms with Crippen molar-refractivity contribution >= 4 is 10.2 Å². The number of nitrogens with one attached hydrogen (secondary N) is 1. The van der Waals surface area contributed by atoms with Crippen LogP contribution in [0.25, 0.3) is 0 Å². The molecule has 0 aromatic heterocycles. The van der Waals surface area contributed by atoms with Crippen LogP contribution in [0.2, 0.25) is 0 Å². The molecule has 0 aromatic carbocycles. The lowest BCUT2D eigenvalue weighted by Crippen LogP contribution is -2.48. The van der Waals surface area contributed by atoms with Gasteiger partial charge in [0.1, 0.15) is 0 Å². The van der Waals surface area contributed by atoms with Crippen LogP contribution in [0.15, 0.2) is 0 Å². The van der Waals surface area contributed by atoms with E-state index in [0.717, 1.165) is 24.7 Å². The molecule has 2 N–H and O–H groups in total. The number of aliphatic hydroxyl groups excluding tert-OH is 1. The van der Waals surface area contributed by atoms with Crippen molar-refractivity contribution in [2.24, 2.45) is 29.6 Å². The number of fused-ring (bicyclic) bond motifs is 5. The zero-order valence-electron chi connectivity index (χ0n) is 11.7. The maximum Gasteiger partial charge on any atom is 0.279 e. The van der Waals surface area contributed by atoms with Crippen molar-refractivity contribution < 1.29 is 13.5 Å². The fraction of sp³-hybridized carbons (Fsp3) is 1.00. The Morgan fingerprint density at radius 2 is 1.85 bits per heavy atom. The molecule has 5 nitrogen and oxygen atoms in total. The Morgan fingerprint density at radius 1 is 1.15 bits per heavy atom. The highest BCUT2D eigenvalue weighted by Crippen LogP contribution is 2.65. The first-order valence-electron chi connectivity index (χ1n) is 7.98. The molecule has 1 saturated heterocycles. The summed E-state index contributed by atoms with van der Waals surface area (Å²) < 4.78 is 29.5. The molecule has 0 radical (unpaired) electrons. The summed E-state index contributed by atoms with van der Waals surface area (Å²) >= 11 is 0. The Kier molecular flexibility index (Phi) is 3.15. The van der Waals surface area contributed by atoms with E-state index >= 15 is 0 Å². The highest BCUT2D eigenvalue weighted by molar-refractivity contribution is 7.87. The SMILES string of the molecule is O=S(=O)(NC1C2C3CCC(C3)C12)N1CCCC(CO)C1. The molecule has 0 aromatic rings. The molecule has 3 saturated carbocycles. The number of aliphatic hydroxyl groups is 1. The highest BCUT2D eigenvalue weighted by Gasteiger charge is 2.66. The van der Waals surface area contributed by atoms with Crippen LogP contribution in [-0.4, -0.2) is 43.6 Å². The molecule has 0 amide bonds.